The van der Waals surface area contributed by atoms with Gasteiger partial charge >= 0.3 is 6.18 Å². The molecule has 2 aromatic carbocycles. The molecule has 0 spiro atoms. The molecule has 7 heteroatoms. The Bertz CT molecular complexity index is 899. The van der Waals surface area contributed by atoms with Crippen molar-refractivity contribution in [3.63, 3.8) is 0 Å². The normalized spacial score (nSPS) is 15.8. The predicted molar refractivity (Wildman–Crippen MR) is 101 cm³/mol. The molecule has 0 radical (unpaired) electrons. The highest BCUT2D eigenvalue weighted by molar-refractivity contribution is 5.61. The van der Waals surface area contributed by atoms with Crippen LogP contribution in [0.5, 0.6) is 0 Å². The molecule has 1 aromatic heterocycles. The van der Waals surface area contributed by atoms with Crippen LogP contribution in [-0.2, 0) is 12.7 Å². The molecule has 0 aliphatic carbocycles. The van der Waals surface area contributed by atoms with Gasteiger partial charge in [0, 0.05) is 44.4 Å². The van der Waals surface area contributed by atoms with Gasteiger partial charge in [-0.1, -0.05) is 47.6 Å². The molecule has 0 bridgehead atoms. The Morgan fingerprint density at radius 1 is 0.893 bits per heavy atom. The molecule has 1 aliphatic heterocycles. The summed E-state index contributed by atoms with van der Waals surface area (Å²) in [5.41, 5.74) is 1.26. The van der Waals surface area contributed by atoms with Gasteiger partial charge in [-0.15, -0.1) is 0 Å². The summed E-state index contributed by atoms with van der Waals surface area (Å²) >= 11 is 0. The van der Waals surface area contributed by atoms with E-state index in [4.69, 9.17) is 4.52 Å². The summed E-state index contributed by atoms with van der Waals surface area (Å²) < 4.78 is 43.5. The van der Waals surface area contributed by atoms with Crippen molar-refractivity contribution in [1.29, 1.82) is 0 Å². The number of aromatic nitrogens is 1. The number of anilines is 1. The van der Waals surface area contributed by atoms with Crippen molar-refractivity contribution in [3.05, 3.63) is 71.8 Å². The molecule has 146 valence electrons. The summed E-state index contributed by atoms with van der Waals surface area (Å²) in [5.74, 6) is 1.55. The average molecular weight is 387 g/mol. The number of nitrogens with zero attached hydrogens (tertiary/aromatic N) is 3. The third-order valence-electron chi connectivity index (χ3n) is 4.94. The molecule has 1 aliphatic rings. The number of rotatable bonds is 4. The van der Waals surface area contributed by atoms with E-state index in [1.54, 1.807) is 12.1 Å². The second-order valence-electron chi connectivity index (χ2n) is 6.87. The fourth-order valence-electron chi connectivity index (χ4n) is 3.35. The SMILES string of the molecule is FC(F)(F)c1ccc(CN2CCN(c3cc(-c4ccccc4)on3)CC2)cc1. The molecule has 1 saturated heterocycles. The number of hydrogen-bond acceptors (Lipinski definition) is 4. The Morgan fingerprint density at radius 2 is 1.57 bits per heavy atom. The maximum absolute atomic E-state index is 12.7. The summed E-state index contributed by atoms with van der Waals surface area (Å²) in [5, 5.41) is 4.18. The molecule has 1 fully saturated rings. The van der Waals surface area contributed by atoms with Crippen molar-refractivity contribution in [2.45, 2.75) is 12.7 Å². The van der Waals surface area contributed by atoms with Gasteiger partial charge in [0.05, 0.1) is 5.56 Å². The highest BCUT2D eigenvalue weighted by atomic mass is 19.4. The third kappa shape index (κ3) is 4.20. The lowest BCUT2D eigenvalue weighted by atomic mass is 10.1. The van der Waals surface area contributed by atoms with E-state index >= 15 is 0 Å². The fourth-order valence-corrected chi connectivity index (χ4v) is 3.35. The van der Waals surface area contributed by atoms with Crippen LogP contribution in [0.1, 0.15) is 11.1 Å². The van der Waals surface area contributed by atoms with Crippen LogP contribution in [0.2, 0.25) is 0 Å². The molecular formula is C21H20F3N3O. The van der Waals surface area contributed by atoms with Gasteiger partial charge in [0.1, 0.15) is 0 Å². The maximum Gasteiger partial charge on any atom is 0.416 e. The summed E-state index contributed by atoms with van der Waals surface area (Å²) in [6.07, 6.45) is -4.29. The number of piperazine rings is 1. The van der Waals surface area contributed by atoms with E-state index in [0.29, 0.717) is 6.54 Å². The van der Waals surface area contributed by atoms with E-state index in [-0.39, 0.29) is 0 Å². The molecule has 0 amide bonds. The van der Waals surface area contributed by atoms with Crippen molar-refractivity contribution in [2.75, 3.05) is 31.1 Å². The molecule has 3 aromatic rings. The van der Waals surface area contributed by atoms with Gasteiger partial charge in [-0.25, -0.2) is 0 Å². The highest BCUT2D eigenvalue weighted by Crippen LogP contribution is 2.29. The smallest absolute Gasteiger partial charge is 0.354 e. The first-order valence-corrected chi connectivity index (χ1v) is 9.14. The lowest BCUT2D eigenvalue weighted by Gasteiger charge is -2.34. The minimum atomic E-state index is -4.29. The van der Waals surface area contributed by atoms with Gasteiger partial charge in [0.25, 0.3) is 0 Å². The van der Waals surface area contributed by atoms with Crippen molar-refractivity contribution >= 4 is 5.82 Å². The predicted octanol–water partition coefficient (Wildman–Crippen LogP) is 4.68. The van der Waals surface area contributed by atoms with Crippen LogP contribution in [0.4, 0.5) is 19.0 Å². The molecule has 2 heterocycles. The molecule has 0 atom stereocenters. The molecule has 0 N–H and O–H groups in total. The molecule has 0 unspecified atom stereocenters. The van der Waals surface area contributed by atoms with Crippen LogP contribution in [0.3, 0.4) is 0 Å². The average Bonchev–Trinajstić information content (AvgIpc) is 3.19. The van der Waals surface area contributed by atoms with E-state index < -0.39 is 11.7 Å². The van der Waals surface area contributed by atoms with Crippen LogP contribution < -0.4 is 4.90 Å². The minimum Gasteiger partial charge on any atom is -0.354 e. The monoisotopic (exact) mass is 387 g/mol. The number of benzene rings is 2. The fraction of sp³-hybridized carbons (Fsp3) is 0.286. The first-order valence-electron chi connectivity index (χ1n) is 9.14. The van der Waals surface area contributed by atoms with Crippen LogP contribution in [0.25, 0.3) is 11.3 Å². The van der Waals surface area contributed by atoms with E-state index in [1.165, 1.54) is 0 Å². The summed E-state index contributed by atoms with van der Waals surface area (Å²) in [7, 11) is 0. The zero-order valence-corrected chi connectivity index (χ0v) is 15.2. The van der Waals surface area contributed by atoms with Gasteiger partial charge in [-0.2, -0.15) is 13.2 Å². The van der Waals surface area contributed by atoms with Gasteiger partial charge in [-0.05, 0) is 17.7 Å². The summed E-state index contributed by atoms with van der Waals surface area (Å²) in [6, 6.07) is 17.2. The summed E-state index contributed by atoms with van der Waals surface area (Å²) in [4.78, 5) is 4.40. The second-order valence-corrected chi connectivity index (χ2v) is 6.87. The van der Waals surface area contributed by atoms with Gasteiger partial charge in [-0.3, -0.25) is 4.90 Å². The minimum absolute atomic E-state index is 0.610. The van der Waals surface area contributed by atoms with E-state index in [2.05, 4.69) is 15.0 Å². The Kier molecular flexibility index (Phi) is 5.09. The standard InChI is InChI=1S/C21H20F3N3O/c22-21(23,24)18-8-6-16(7-9-18)15-26-10-12-27(13-11-26)20-14-19(28-25-20)17-4-2-1-3-5-17/h1-9,14H,10-13,15H2. The molecule has 4 nitrogen and oxygen atoms in total. The molecule has 4 rings (SSSR count). The highest BCUT2D eigenvalue weighted by Gasteiger charge is 2.30. The van der Waals surface area contributed by atoms with Gasteiger partial charge in [0.15, 0.2) is 11.6 Å². The topological polar surface area (TPSA) is 32.5 Å². The number of hydrogen-bond donors (Lipinski definition) is 0. The first-order chi connectivity index (χ1) is 13.5. The van der Waals surface area contributed by atoms with E-state index in [1.807, 2.05) is 36.4 Å². The second kappa shape index (κ2) is 7.67. The van der Waals surface area contributed by atoms with Crippen molar-refractivity contribution in [1.82, 2.24) is 10.1 Å². The van der Waals surface area contributed by atoms with Crippen molar-refractivity contribution < 1.29 is 17.7 Å². The van der Waals surface area contributed by atoms with Gasteiger partial charge < -0.3 is 9.42 Å². The van der Waals surface area contributed by atoms with Crippen LogP contribution in [0, 0.1) is 0 Å². The lowest BCUT2D eigenvalue weighted by molar-refractivity contribution is -0.137. The first kappa shape index (κ1) is 18.6. The quantitative estimate of drug-likeness (QED) is 0.651. The summed E-state index contributed by atoms with van der Waals surface area (Å²) in [6.45, 7) is 3.85. The Labute approximate surface area is 161 Å². The molecule has 0 saturated carbocycles. The third-order valence-corrected chi connectivity index (χ3v) is 4.94. The van der Waals surface area contributed by atoms with Crippen molar-refractivity contribution in [2.24, 2.45) is 0 Å². The Balaban J connectivity index is 1.33. The maximum atomic E-state index is 12.7. The Morgan fingerprint density at radius 3 is 2.21 bits per heavy atom. The Hall–Kier alpha value is -2.80. The zero-order chi connectivity index (χ0) is 19.6. The van der Waals surface area contributed by atoms with Crippen LogP contribution in [0.15, 0.2) is 65.2 Å². The van der Waals surface area contributed by atoms with Crippen LogP contribution in [-0.4, -0.2) is 36.2 Å². The number of alkyl halides is 3. The molecular weight excluding hydrogens is 367 g/mol. The van der Waals surface area contributed by atoms with Crippen molar-refractivity contribution in [3.8, 4) is 11.3 Å². The van der Waals surface area contributed by atoms with E-state index in [9.17, 15) is 13.2 Å². The molecule has 28 heavy (non-hydrogen) atoms. The van der Waals surface area contributed by atoms with Crippen LogP contribution >= 0.6 is 0 Å². The zero-order valence-electron chi connectivity index (χ0n) is 15.2. The van der Waals surface area contributed by atoms with E-state index in [0.717, 1.165) is 61.0 Å². The number of halogens is 3. The lowest BCUT2D eigenvalue weighted by Crippen LogP contribution is -2.46. The largest absolute Gasteiger partial charge is 0.416 e. The van der Waals surface area contributed by atoms with Gasteiger partial charge in [0.2, 0.25) is 0 Å².